The molecule has 0 saturated heterocycles. The van der Waals surface area contributed by atoms with E-state index in [1.807, 2.05) is 0 Å². The highest BCUT2D eigenvalue weighted by Gasteiger charge is 2.30. The van der Waals surface area contributed by atoms with Gasteiger partial charge in [-0.05, 0) is 31.2 Å². The van der Waals surface area contributed by atoms with Crippen molar-refractivity contribution in [2.24, 2.45) is 0 Å². The van der Waals surface area contributed by atoms with Crippen LogP contribution < -0.4 is 0 Å². The van der Waals surface area contributed by atoms with Gasteiger partial charge in [0, 0.05) is 17.1 Å². The Morgan fingerprint density at radius 1 is 1.32 bits per heavy atom. The molecule has 0 saturated carbocycles. The molecule has 1 heterocycles. The molecule has 0 spiro atoms. The lowest BCUT2D eigenvalue weighted by Crippen LogP contribution is -2.31. The van der Waals surface area contributed by atoms with E-state index in [4.69, 9.17) is 0 Å². The predicted octanol–water partition coefficient (Wildman–Crippen LogP) is 2.61. The van der Waals surface area contributed by atoms with Crippen LogP contribution in [-0.2, 0) is 17.5 Å². The number of alkyl halides is 3. The molecule has 1 N–H and O–H groups in total. The van der Waals surface area contributed by atoms with Crippen LogP contribution in [0.5, 0.6) is 0 Å². The van der Waals surface area contributed by atoms with E-state index < -0.39 is 17.3 Å². The van der Waals surface area contributed by atoms with Crippen LogP contribution in [0.3, 0.4) is 0 Å². The Bertz CT molecular complexity index is 614. The predicted molar refractivity (Wildman–Crippen MR) is 63.6 cm³/mol. The average molecular weight is 271 g/mol. The lowest BCUT2D eigenvalue weighted by molar-refractivity contribution is -0.137. The molecule has 3 nitrogen and oxygen atoms in total. The topological polar surface area (TPSA) is 42.2 Å². The van der Waals surface area contributed by atoms with Gasteiger partial charge in [0.05, 0.1) is 12.1 Å². The first-order valence-electron chi connectivity index (χ1n) is 5.58. The van der Waals surface area contributed by atoms with Crippen molar-refractivity contribution in [2.75, 3.05) is 0 Å². The monoisotopic (exact) mass is 271 g/mol. The largest absolute Gasteiger partial charge is 0.416 e. The van der Waals surface area contributed by atoms with Gasteiger partial charge < -0.3 is 14.5 Å². The van der Waals surface area contributed by atoms with Crippen LogP contribution in [0.2, 0.25) is 0 Å². The van der Waals surface area contributed by atoms with Crippen molar-refractivity contribution in [3.8, 4) is 0 Å². The zero-order chi connectivity index (χ0) is 14.3. The molecule has 1 atom stereocenters. The maximum Gasteiger partial charge on any atom is 0.416 e. The van der Waals surface area contributed by atoms with E-state index >= 15 is 0 Å². The number of nitrogens with zero attached hydrogens (tertiary/aromatic N) is 1. The number of carbonyl (C=O) groups is 1. The fourth-order valence-electron chi connectivity index (χ4n) is 1.90. The summed E-state index contributed by atoms with van der Waals surface area (Å²) in [4.78, 5) is 10.7. The van der Waals surface area contributed by atoms with Gasteiger partial charge in [0.25, 0.3) is 0 Å². The molecule has 2 rings (SSSR count). The van der Waals surface area contributed by atoms with Crippen molar-refractivity contribution in [1.29, 1.82) is 0 Å². The maximum absolute atomic E-state index is 12.6. The smallest absolute Gasteiger partial charge is 0.381 e. The first kappa shape index (κ1) is 13.6. The Morgan fingerprint density at radius 3 is 2.58 bits per heavy atom. The number of hydrogen-bond donors (Lipinski definition) is 1. The van der Waals surface area contributed by atoms with Crippen LogP contribution >= 0.6 is 0 Å². The number of carbonyl (C=O) groups excluding carboxylic acids is 1. The van der Waals surface area contributed by atoms with E-state index in [0.29, 0.717) is 17.2 Å². The summed E-state index contributed by atoms with van der Waals surface area (Å²) in [5.41, 5.74) is -1.73. The van der Waals surface area contributed by atoms with Crippen LogP contribution in [0.1, 0.15) is 12.5 Å². The summed E-state index contributed by atoms with van der Waals surface area (Å²) >= 11 is 0. The standard InChI is InChI=1S/C13H12F3NO2/c1-12(19,8-18)7-17-5-4-9-6-10(13(14,15)16)2-3-11(9)17/h2-6,8,19H,7H2,1H3/t12-/m0/s1. The van der Waals surface area contributed by atoms with E-state index in [-0.39, 0.29) is 6.54 Å². The van der Waals surface area contributed by atoms with Gasteiger partial charge in [0.2, 0.25) is 0 Å². The van der Waals surface area contributed by atoms with Gasteiger partial charge >= 0.3 is 6.18 Å². The SMILES string of the molecule is C[C@@](O)(C=O)Cn1ccc2cc(C(F)(F)F)ccc21. The molecule has 0 aliphatic carbocycles. The van der Waals surface area contributed by atoms with E-state index in [1.165, 1.54) is 19.1 Å². The number of fused-ring (bicyclic) bond motifs is 1. The average Bonchev–Trinajstić information content (AvgIpc) is 2.70. The summed E-state index contributed by atoms with van der Waals surface area (Å²) < 4.78 is 39.2. The van der Waals surface area contributed by atoms with Gasteiger partial charge in [-0.1, -0.05) is 0 Å². The van der Waals surface area contributed by atoms with Crippen molar-refractivity contribution in [3.05, 3.63) is 36.0 Å². The molecule has 0 aliphatic rings. The highest BCUT2D eigenvalue weighted by atomic mass is 19.4. The van der Waals surface area contributed by atoms with Crippen molar-refractivity contribution in [3.63, 3.8) is 0 Å². The summed E-state index contributed by atoms with van der Waals surface area (Å²) in [5.74, 6) is 0. The molecule has 19 heavy (non-hydrogen) atoms. The Morgan fingerprint density at radius 2 is 2.00 bits per heavy atom. The molecular formula is C13H12F3NO2. The van der Waals surface area contributed by atoms with Gasteiger partial charge in [-0.2, -0.15) is 13.2 Å². The first-order valence-corrected chi connectivity index (χ1v) is 5.58. The van der Waals surface area contributed by atoms with Crippen LogP contribution in [0.15, 0.2) is 30.5 Å². The van der Waals surface area contributed by atoms with Gasteiger partial charge in [-0.25, -0.2) is 0 Å². The number of benzene rings is 1. The number of aldehydes is 1. The Labute approximate surface area is 107 Å². The molecular weight excluding hydrogens is 259 g/mol. The number of aliphatic hydroxyl groups is 1. The minimum absolute atomic E-state index is 0.00857. The Kier molecular flexibility index (Phi) is 3.14. The summed E-state index contributed by atoms with van der Waals surface area (Å²) in [6.07, 6.45) is -2.43. The fourth-order valence-corrected chi connectivity index (χ4v) is 1.90. The van der Waals surface area contributed by atoms with Crippen LogP contribution in [0.25, 0.3) is 10.9 Å². The molecule has 1 aromatic carbocycles. The first-order chi connectivity index (χ1) is 8.73. The maximum atomic E-state index is 12.6. The summed E-state index contributed by atoms with van der Waals surface area (Å²) in [6.45, 7) is 1.33. The highest BCUT2D eigenvalue weighted by Crippen LogP contribution is 2.31. The lowest BCUT2D eigenvalue weighted by atomic mass is 10.1. The van der Waals surface area contributed by atoms with Gasteiger partial charge in [-0.15, -0.1) is 0 Å². The second kappa shape index (κ2) is 4.38. The number of rotatable bonds is 3. The highest BCUT2D eigenvalue weighted by molar-refractivity contribution is 5.81. The summed E-state index contributed by atoms with van der Waals surface area (Å²) in [6, 6.07) is 4.88. The second-order valence-electron chi connectivity index (χ2n) is 4.69. The van der Waals surface area contributed by atoms with Gasteiger partial charge in [0.15, 0.2) is 6.29 Å². The Hall–Kier alpha value is -1.82. The second-order valence-corrected chi connectivity index (χ2v) is 4.69. The summed E-state index contributed by atoms with van der Waals surface area (Å²) in [5, 5.41) is 10.1. The molecule has 2 aromatic rings. The van der Waals surface area contributed by atoms with Crippen LogP contribution in [0.4, 0.5) is 13.2 Å². The van der Waals surface area contributed by atoms with Gasteiger partial charge in [0.1, 0.15) is 5.60 Å². The van der Waals surface area contributed by atoms with Gasteiger partial charge in [-0.3, -0.25) is 0 Å². The summed E-state index contributed by atoms with van der Waals surface area (Å²) in [7, 11) is 0. The molecule has 1 aromatic heterocycles. The van der Waals surface area contributed by atoms with E-state index in [1.54, 1.807) is 10.8 Å². The normalized spacial score (nSPS) is 15.4. The molecule has 102 valence electrons. The number of aromatic nitrogens is 1. The third-order valence-corrected chi connectivity index (χ3v) is 2.84. The fraction of sp³-hybridized carbons (Fsp3) is 0.308. The molecule has 0 radical (unpaired) electrons. The molecule has 6 heteroatoms. The number of hydrogen-bond acceptors (Lipinski definition) is 2. The third kappa shape index (κ3) is 2.78. The molecule has 0 bridgehead atoms. The number of halogens is 3. The third-order valence-electron chi connectivity index (χ3n) is 2.84. The van der Waals surface area contributed by atoms with E-state index in [0.717, 1.165) is 12.1 Å². The minimum atomic E-state index is -4.38. The lowest BCUT2D eigenvalue weighted by Gasteiger charge is -2.17. The zero-order valence-corrected chi connectivity index (χ0v) is 10.1. The zero-order valence-electron chi connectivity index (χ0n) is 10.1. The van der Waals surface area contributed by atoms with Crippen LogP contribution in [-0.4, -0.2) is 21.6 Å². The molecule has 0 aliphatic heterocycles. The van der Waals surface area contributed by atoms with Crippen molar-refractivity contribution in [2.45, 2.75) is 25.2 Å². The van der Waals surface area contributed by atoms with Crippen molar-refractivity contribution < 1.29 is 23.1 Å². The van der Waals surface area contributed by atoms with Crippen LogP contribution in [0, 0.1) is 0 Å². The molecule has 0 fully saturated rings. The quantitative estimate of drug-likeness (QED) is 0.872. The van der Waals surface area contributed by atoms with Crippen molar-refractivity contribution >= 4 is 17.2 Å². The molecule has 0 unspecified atom stereocenters. The Balaban J connectivity index is 2.43. The van der Waals surface area contributed by atoms with E-state index in [2.05, 4.69) is 0 Å². The molecule has 0 amide bonds. The van der Waals surface area contributed by atoms with E-state index in [9.17, 15) is 23.1 Å². The minimum Gasteiger partial charge on any atom is -0.381 e. The van der Waals surface area contributed by atoms with Crippen molar-refractivity contribution in [1.82, 2.24) is 4.57 Å².